The van der Waals surface area contributed by atoms with Gasteiger partial charge in [0.05, 0.1) is 0 Å². The van der Waals surface area contributed by atoms with Crippen LogP contribution in [0.3, 0.4) is 0 Å². The lowest BCUT2D eigenvalue weighted by Gasteiger charge is -2.30. The van der Waals surface area contributed by atoms with Crippen molar-refractivity contribution < 1.29 is 22.6 Å². The van der Waals surface area contributed by atoms with Crippen LogP contribution in [0.15, 0.2) is 95.7 Å². The first kappa shape index (κ1) is 27.8. The van der Waals surface area contributed by atoms with Gasteiger partial charge in [0.2, 0.25) is 0 Å². The molecule has 0 aliphatic carbocycles. The van der Waals surface area contributed by atoms with E-state index in [1.807, 2.05) is 106 Å². The van der Waals surface area contributed by atoms with Crippen molar-refractivity contribution in [1.82, 2.24) is 4.48 Å². The highest BCUT2D eigenvalue weighted by molar-refractivity contribution is 6.58. The van der Waals surface area contributed by atoms with Crippen molar-refractivity contribution in [3.63, 3.8) is 0 Å². The normalized spacial score (nSPS) is 15.5. The maximum Gasteiger partial charge on any atom is 0.737 e. The highest BCUT2D eigenvalue weighted by Crippen LogP contribution is 2.46. The Morgan fingerprint density at radius 1 is 0.810 bits per heavy atom. The first-order chi connectivity index (χ1) is 20.2. The van der Waals surface area contributed by atoms with Crippen LogP contribution in [0.5, 0.6) is 11.5 Å². The summed E-state index contributed by atoms with van der Waals surface area (Å²) in [5, 5.41) is 0. The molecule has 6 rings (SSSR count). The molecule has 0 unspecified atom stereocenters. The van der Waals surface area contributed by atoms with Gasteiger partial charge in [-0.05, 0) is 67.8 Å². The molecular formula is C35H35BF2N2O2. The molecule has 0 radical (unpaired) electrons. The van der Waals surface area contributed by atoms with E-state index in [1.165, 1.54) is 8.96 Å². The molecule has 7 heteroatoms. The number of halogens is 2. The minimum atomic E-state index is -4.10. The van der Waals surface area contributed by atoms with Crippen LogP contribution in [0.2, 0.25) is 0 Å². The standard InChI is InChI=1S/C35H35BF2N2O2/c1-6-30-23(2)32-20-33-24(3)35(26(5)40(33)36(37,38)39(32)25(30)4)31-19-29(41-21-27-13-9-7-10-14-27)17-18-34(31)42-22-28-15-11-8-12-16-28/h7-20H,6,21-22H2,1-5H3. The van der Waals surface area contributed by atoms with Gasteiger partial charge in [-0.1, -0.05) is 67.6 Å². The van der Waals surface area contributed by atoms with Gasteiger partial charge in [0.25, 0.3) is 0 Å². The number of hydrogen-bond acceptors (Lipinski definition) is 2. The lowest BCUT2D eigenvalue weighted by molar-refractivity contribution is -0.363. The Morgan fingerprint density at radius 3 is 2.05 bits per heavy atom. The van der Waals surface area contributed by atoms with E-state index in [9.17, 15) is 0 Å². The fourth-order valence-electron chi connectivity index (χ4n) is 6.53. The van der Waals surface area contributed by atoms with Crippen molar-refractivity contribution in [3.8, 4) is 22.6 Å². The number of rotatable bonds is 8. The summed E-state index contributed by atoms with van der Waals surface area (Å²) in [7, 11) is 0. The molecule has 0 amide bonds. The van der Waals surface area contributed by atoms with Crippen LogP contribution < -0.4 is 9.47 Å². The number of ether oxygens (including phenoxy) is 2. The Bertz CT molecular complexity index is 1770. The molecule has 2 aliphatic rings. The summed E-state index contributed by atoms with van der Waals surface area (Å²) in [6, 6.07) is 25.5. The predicted octanol–water partition coefficient (Wildman–Crippen LogP) is 8.72. The van der Waals surface area contributed by atoms with Crippen molar-refractivity contribution in [2.24, 2.45) is 0 Å². The Morgan fingerprint density at radius 2 is 1.43 bits per heavy atom. The van der Waals surface area contributed by atoms with E-state index < -0.39 is 6.97 Å². The molecule has 0 N–H and O–H groups in total. The van der Waals surface area contributed by atoms with Gasteiger partial charge >= 0.3 is 6.97 Å². The van der Waals surface area contributed by atoms with Gasteiger partial charge in [0, 0.05) is 41.0 Å². The Labute approximate surface area is 246 Å². The van der Waals surface area contributed by atoms with Crippen molar-refractivity contribution in [2.45, 2.75) is 54.3 Å². The van der Waals surface area contributed by atoms with Crippen molar-refractivity contribution in [2.75, 3.05) is 0 Å². The van der Waals surface area contributed by atoms with Gasteiger partial charge in [-0.3, -0.25) is 0 Å². The molecule has 3 heterocycles. The largest absolute Gasteiger partial charge is 0.737 e. The Balaban J connectivity index is 1.47. The summed E-state index contributed by atoms with van der Waals surface area (Å²) in [6.45, 7) is 6.15. The summed E-state index contributed by atoms with van der Waals surface area (Å²) in [6.07, 6.45) is 2.64. The average molecular weight is 564 g/mol. The fraction of sp³-hybridized carbons (Fsp3) is 0.229. The number of hydrogen-bond donors (Lipinski definition) is 0. The maximum absolute atomic E-state index is 16.5. The van der Waals surface area contributed by atoms with Crippen LogP contribution >= 0.6 is 0 Å². The summed E-state index contributed by atoms with van der Waals surface area (Å²) in [4.78, 5) is 0. The third-order valence-corrected chi connectivity index (χ3v) is 8.59. The third kappa shape index (κ3) is 4.57. The molecule has 1 aromatic heterocycles. The van der Waals surface area contributed by atoms with Gasteiger partial charge in [0.1, 0.15) is 30.4 Å². The lowest BCUT2D eigenvalue weighted by Crippen LogP contribution is -2.50. The quantitative estimate of drug-likeness (QED) is 0.200. The molecule has 2 aliphatic heterocycles. The summed E-state index contributed by atoms with van der Waals surface area (Å²) in [5.74, 6) is 1.27. The molecule has 214 valence electrons. The van der Waals surface area contributed by atoms with Crippen molar-refractivity contribution in [3.05, 3.63) is 124 Å². The van der Waals surface area contributed by atoms with Gasteiger partial charge in [-0.2, -0.15) is 0 Å². The van der Waals surface area contributed by atoms with Crippen LogP contribution in [-0.2, 0) is 13.2 Å². The Kier molecular flexibility index (Phi) is 7.13. The monoisotopic (exact) mass is 564 g/mol. The van der Waals surface area contributed by atoms with E-state index in [0.717, 1.165) is 39.0 Å². The fourth-order valence-corrected chi connectivity index (χ4v) is 6.53. The molecular weight excluding hydrogens is 529 g/mol. The third-order valence-electron chi connectivity index (χ3n) is 8.59. The van der Waals surface area contributed by atoms with Crippen LogP contribution in [0, 0.1) is 13.8 Å². The second-order valence-electron chi connectivity index (χ2n) is 11.1. The van der Waals surface area contributed by atoms with Gasteiger partial charge in [-0.25, -0.2) is 0 Å². The van der Waals surface area contributed by atoms with E-state index in [0.29, 0.717) is 53.9 Å². The number of fused-ring (bicyclic) bond motifs is 2. The smallest absolute Gasteiger partial charge is 0.489 e. The molecule has 0 fully saturated rings. The van der Waals surface area contributed by atoms with E-state index >= 15 is 8.63 Å². The van der Waals surface area contributed by atoms with Crippen LogP contribution in [-0.4, -0.2) is 21.6 Å². The molecule has 0 atom stereocenters. The van der Waals surface area contributed by atoms with Crippen LogP contribution in [0.25, 0.3) is 17.2 Å². The minimum Gasteiger partial charge on any atom is -0.489 e. The second kappa shape index (κ2) is 10.8. The first-order valence-electron chi connectivity index (χ1n) is 14.5. The molecule has 4 aromatic rings. The van der Waals surface area contributed by atoms with Crippen LogP contribution in [0.4, 0.5) is 8.63 Å². The van der Waals surface area contributed by atoms with Gasteiger partial charge in [-0.15, -0.1) is 0 Å². The van der Waals surface area contributed by atoms with E-state index in [4.69, 9.17) is 9.47 Å². The zero-order valence-corrected chi connectivity index (χ0v) is 24.7. The summed E-state index contributed by atoms with van der Waals surface area (Å²) < 4.78 is 48.0. The summed E-state index contributed by atoms with van der Waals surface area (Å²) >= 11 is 0. The predicted molar refractivity (Wildman–Crippen MR) is 166 cm³/mol. The van der Waals surface area contributed by atoms with Crippen LogP contribution in [0.1, 0.15) is 55.3 Å². The van der Waals surface area contributed by atoms with Crippen molar-refractivity contribution >= 4 is 18.8 Å². The molecule has 0 saturated carbocycles. The average Bonchev–Trinajstić information content (AvgIpc) is 3.40. The zero-order valence-electron chi connectivity index (χ0n) is 24.7. The van der Waals surface area contributed by atoms with Crippen molar-refractivity contribution in [1.29, 1.82) is 0 Å². The SMILES string of the molecule is CCC1=C(C)C2=Cc3c(C)c(-c4cc(OCc5ccccc5)ccc4OCc4ccccc4)c(C)n3[B-](F)(F)[N+]2=C1C. The molecule has 4 nitrogen and oxygen atoms in total. The topological polar surface area (TPSA) is 26.4 Å². The lowest BCUT2D eigenvalue weighted by atomic mass is 9.89. The minimum absolute atomic E-state index is 0.361. The first-order valence-corrected chi connectivity index (χ1v) is 14.5. The number of nitrogens with zero attached hydrogens (tertiary/aromatic N) is 2. The van der Waals surface area contributed by atoms with E-state index in [2.05, 4.69) is 0 Å². The van der Waals surface area contributed by atoms with Gasteiger partial charge in [0.15, 0.2) is 5.70 Å². The molecule has 0 saturated heterocycles. The maximum atomic E-state index is 16.5. The second-order valence-corrected chi connectivity index (χ2v) is 11.1. The van der Waals surface area contributed by atoms with E-state index in [-0.39, 0.29) is 0 Å². The van der Waals surface area contributed by atoms with Gasteiger partial charge < -0.3 is 27.1 Å². The molecule has 3 aromatic carbocycles. The number of allylic oxidation sites excluding steroid dienone is 2. The number of benzene rings is 3. The Hall–Kier alpha value is -4.39. The zero-order chi connectivity index (χ0) is 29.6. The highest BCUT2D eigenvalue weighted by atomic mass is 19.2. The highest BCUT2D eigenvalue weighted by Gasteiger charge is 2.54. The number of aromatic nitrogens is 1. The molecule has 42 heavy (non-hydrogen) atoms. The summed E-state index contributed by atoms with van der Waals surface area (Å²) in [5.41, 5.74) is 8.52. The molecule has 0 bridgehead atoms. The molecule has 0 spiro atoms. The van der Waals surface area contributed by atoms with E-state index in [1.54, 1.807) is 13.8 Å².